The first-order valence-electron chi connectivity index (χ1n) is 29.6. The highest BCUT2D eigenvalue weighted by Crippen LogP contribution is 2.26. The molecule has 12 nitrogen and oxygen atoms in total. The Labute approximate surface area is 454 Å². The number of carboxylic acid groups (broad SMARTS) is 1. The minimum atomic E-state index is -1.92. The average molecular weight is 1050 g/mol. The highest BCUT2D eigenvalue weighted by molar-refractivity contribution is 5.74. The molecule has 1 aliphatic heterocycles. The van der Waals surface area contributed by atoms with Crippen LogP contribution in [0.5, 0.6) is 0 Å². The molecule has 0 radical (unpaired) electrons. The van der Waals surface area contributed by atoms with Gasteiger partial charge >= 0.3 is 23.9 Å². The quantitative estimate of drug-likeness (QED) is 0.0228. The highest BCUT2D eigenvalue weighted by Gasteiger charge is 2.50. The molecule has 1 saturated heterocycles. The lowest BCUT2D eigenvalue weighted by Gasteiger charge is -2.40. The summed E-state index contributed by atoms with van der Waals surface area (Å²) in [6.07, 6.45) is 53.0. The number of esters is 3. The van der Waals surface area contributed by atoms with Gasteiger partial charge in [-0.05, 0) is 70.6 Å². The third-order valence-corrected chi connectivity index (χ3v) is 13.0. The Morgan fingerprint density at radius 3 is 1.40 bits per heavy atom. The summed E-state index contributed by atoms with van der Waals surface area (Å²) in [4.78, 5) is 51.0. The molecule has 1 aliphatic rings. The number of ether oxygens (including phenoxy) is 5. The first-order chi connectivity index (χ1) is 36.6. The van der Waals surface area contributed by atoms with Gasteiger partial charge in [0.2, 0.25) is 0 Å². The lowest BCUT2D eigenvalue weighted by Crippen LogP contribution is -2.61. The lowest BCUT2D eigenvalue weighted by molar-refractivity contribution is -0.301. The molecule has 0 aromatic heterocycles. The second-order valence-corrected chi connectivity index (χ2v) is 19.9. The van der Waals surface area contributed by atoms with Crippen molar-refractivity contribution in [1.29, 1.82) is 0 Å². The Balaban J connectivity index is 2.73. The Morgan fingerprint density at radius 2 is 0.907 bits per heavy atom. The van der Waals surface area contributed by atoms with Crippen LogP contribution in [0, 0.1) is 0 Å². The minimum Gasteiger partial charge on any atom is -0.479 e. The molecule has 0 aromatic rings. The van der Waals surface area contributed by atoms with Crippen LogP contribution in [0.3, 0.4) is 0 Å². The van der Waals surface area contributed by atoms with Crippen LogP contribution < -0.4 is 0 Å². The maximum Gasteiger partial charge on any atom is 0.335 e. The number of unbranched alkanes of at least 4 members (excludes halogenated alkanes) is 22. The average Bonchev–Trinajstić information content (AvgIpc) is 3.39. The second-order valence-electron chi connectivity index (χ2n) is 19.9. The molecule has 6 unspecified atom stereocenters. The van der Waals surface area contributed by atoms with Crippen molar-refractivity contribution < 1.29 is 58.2 Å². The number of rotatable bonds is 49. The predicted octanol–water partition coefficient (Wildman–Crippen LogP) is 15.1. The summed E-state index contributed by atoms with van der Waals surface area (Å²) in [5.74, 6) is -3.30. The monoisotopic (exact) mass is 1050 g/mol. The standard InChI is InChI=1S/C63H104O12/c1-4-7-10-13-16-19-22-25-27-28-30-33-36-39-42-45-48-51-57(66)74-61-59(68)58(67)60(62(69)70)75-63(61)72-53-54(73-56(65)50-47-44-41-38-35-31-24-21-18-15-12-9-6-3)52-71-55(64)49-46-43-40-37-34-32-29-26-23-20-17-14-11-8-5-2/h8,11-12,15,17,20-21,24,26,29,34,37,43,46,54,58-61,63,67-68H,4-7,9-10,13-14,16,18-19,22-23,25,27-28,30-33,35-36,38-42,44-45,47-53H2,1-3H3,(H,69,70)/b11-8-,15-12-,20-17-,24-21-,29-26-,37-34-,46-43-. The number of hydrogen-bond donors (Lipinski definition) is 3. The van der Waals surface area contributed by atoms with Crippen LogP contribution in [0.25, 0.3) is 0 Å². The van der Waals surface area contributed by atoms with E-state index in [1.54, 1.807) is 6.08 Å². The summed E-state index contributed by atoms with van der Waals surface area (Å²) >= 11 is 0. The van der Waals surface area contributed by atoms with Crippen LogP contribution in [0.1, 0.15) is 239 Å². The fourth-order valence-electron chi connectivity index (χ4n) is 8.48. The molecular formula is C63H104O12. The van der Waals surface area contributed by atoms with E-state index in [1.165, 1.54) is 77.0 Å². The van der Waals surface area contributed by atoms with Crippen LogP contribution in [0.4, 0.5) is 0 Å². The van der Waals surface area contributed by atoms with Gasteiger partial charge in [0.15, 0.2) is 24.6 Å². The van der Waals surface area contributed by atoms with E-state index in [4.69, 9.17) is 23.7 Å². The summed E-state index contributed by atoms with van der Waals surface area (Å²) in [6, 6.07) is 0. The van der Waals surface area contributed by atoms with Gasteiger partial charge in [-0.3, -0.25) is 14.4 Å². The van der Waals surface area contributed by atoms with Gasteiger partial charge < -0.3 is 39.0 Å². The zero-order valence-electron chi connectivity index (χ0n) is 47.0. The maximum absolute atomic E-state index is 13.1. The van der Waals surface area contributed by atoms with Crippen molar-refractivity contribution in [2.75, 3.05) is 13.2 Å². The molecule has 6 atom stereocenters. The van der Waals surface area contributed by atoms with E-state index in [1.807, 2.05) is 12.2 Å². The van der Waals surface area contributed by atoms with E-state index >= 15 is 0 Å². The molecule has 1 heterocycles. The van der Waals surface area contributed by atoms with E-state index in [0.29, 0.717) is 19.3 Å². The first kappa shape index (κ1) is 68.9. The topological polar surface area (TPSA) is 175 Å². The van der Waals surface area contributed by atoms with E-state index in [9.17, 15) is 34.5 Å². The summed E-state index contributed by atoms with van der Waals surface area (Å²) in [5.41, 5.74) is 0. The Kier molecular flexibility index (Phi) is 46.6. The van der Waals surface area contributed by atoms with Crippen LogP contribution >= 0.6 is 0 Å². The number of allylic oxidation sites excluding steroid dienone is 13. The number of hydrogen-bond acceptors (Lipinski definition) is 11. The number of carboxylic acids is 1. The number of carbonyl (C=O) groups excluding carboxylic acids is 3. The van der Waals surface area contributed by atoms with Gasteiger partial charge in [0.25, 0.3) is 0 Å². The zero-order chi connectivity index (χ0) is 54.7. The fraction of sp³-hybridized carbons (Fsp3) is 0.714. The maximum atomic E-state index is 13.1. The zero-order valence-corrected chi connectivity index (χ0v) is 47.0. The van der Waals surface area contributed by atoms with E-state index in [0.717, 1.165) is 103 Å². The van der Waals surface area contributed by atoms with Crippen molar-refractivity contribution >= 4 is 23.9 Å². The summed E-state index contributed by atoms with van der Waals surface area (Å²) in [7, 11) is 0. The molecule has 1 rings (SSSR count). The lowest BCUT2D eigenvalue weighted by atomic mass is 9.98. The van der Waals surface area contributed by atoms with E-state index in [2.05, 4.69) is 87.6 Å². The molecule has 0 spiro atoms. The van der Waals surface area contributed by atoms with Crippen LogP contribution in [0.15, 0.2) is 85.1 Å². The highest BCUT2D eigenvalue weighted by atomic mass is 16.7. The van der Waals surface area contributed by atoms with Gasteiger partial charge in [-0.15, -0.1) is 0 Å². The van der Waals surface area contributed by atoms with E-state index in [-0.39, 0.29) is 25.9 Å². The number of aliphatic hydroxyl groups excluding tert-OH is 2. The number of aliphatic carboxylic acids is 1. The van der Waals surface area contributed by atoms with Crippen molar-refractivity contribution in [1.82, 2.24) is 0 Å². The SMILES string of the molecule is CC/C=C\C/C=C\C/C=C\C/C=C\C/C=C\CC(=O)OCC(COC1OC(C(=O)O)C(O)C(O)C1OC(=O)CCCCCCCCCCCCCCCCCCC)OC(=O)CCCCCCC/C=C\C/C=C\CCC. The molecule has 0 aromatic carbocycles. The van der Waals surface area contributed by atoms with Crippen molar-refractivity contribution in [3.8, 4) is 0 Å². The molecule has 0 saturated carbocycles. The third kappa shape index (κ3) is 40.8. The molecular weight excluding hydrogens is 949 g/mol. The molecule has 0 aliphatic carbocycles. The van der Waals surface area contributed by atoms with E-state index < -0.39 is 67.3 Å². The molecule has 428 valence electrons. The van der Waals surface area contributed by atoms with Crippen molar-refractivity contribution in [2.24, 2.45) is 0 Å². The fourth-order valence-corrected chi connectivity index (χ4v) is 8.48. The molecule has 3 N–H and O–H groups in total. The molecule has 1 fully saturated rings. The molecule has 75 heavy (non-hydrogen) atoms. The van der Waals surface area contributed by atoms with Crippen LogP contribution in [-0.2, 0) is 42.9 Å². The normalized spacial score (nSPS) is 18.8. The summed E-state index contributed by atoms with van der Waals surface area (Å²) in [6.45, 7) is 5.72. The van der Waals surface area contributed by atoms with Crippen molar-refractivity contribution in [2.45, 2.75) is 276 Å². The van der Waals surface area contributed by atoms with Gasteiger partial charge in [0, 0.05) is 12.8 Å². The Morgan fingerprint density at radius 1 is 0.467 bits per heavy atom. The molecule has 12 heteroatoms. The Hall–Kier alpha value is -4.10. The molecule has 0 bridgehead atoms. The van der Waals surface area contributed by atoms with Gasteiger partial charge in [-0.1, -0.05) is 234 Å². The largest absolute Gasteiger partial charge is 0.479 e. The number of carbonyl (C=O) groups is 4. The Bertz CT molecular complexity index is 1630. The second kappa shape index (κ2) is 50.7. The van der Waals surface area contributed by atoms with Crippen LogP contribution in [0.2, 0.25) is 0 Å². The van der Waals surface area contributed by atoms with Crippen molar-refractivity contribution in [3.63, 3.8) is 0 Å². The van der Waals surface area contributed by atoms with Gasteiger partial charge in [-0.25, -0.2) is 4.79 Å². The first-order valence-corrected chi connectivity index (χ1v) is 29.6. The van der Waals surface area contributed by atoms with Gasteiger partial charge in [-0.2, -0.15) is 0 Å². The van der Waals surface area contributed by atoms with Crippen molar-refractivity contribution in [3.05, 3.63) is 85.1 Å². The summed E-state index contributed by atoms with van der Waals surface area (Å²) in [5, 5.41) is 31.5. The third-order valence-electron chi connectivity index (χ3n) is 13.0. The van der Waals surface area contributed by atoms with Gasteiger partial charge in [0.1, 0.15) is 18.8 Å². The molecule has 0 amide bonds. The van der Waals surface area contributed by atoms with Crippen LogP contribution in [-0.4, -0.2) is 89.2 Å². The van der Waals surface area contributed by atoms with Gasteiger partial charge in [0.05, 0.1) is 13.0 Å². The minimum absolute atomic E-state index is 0.0194. The smallest absolute Gasteiger partial charge is 0.335 e. The summed E-state index contributed by atoms with van der Waals surface area (Å²) < 4.78 is 28.3. The number of aliphatic hydroxyl groups is 2. The predicted molar refractivity (Wildman–Crippen MR) is 303 cm³/mol.